The molecule has 2 heterocycles. The third-order valence-corrected chi connectivity index (χ3v) is 3.18. The van der Waals surface area contributed by atoms with Crippen molar-refractivity contribution in [3.8, 4) is 0 Å². The molecule has 2 unspecified atom stereocenters. The van der Waals surface area contributed by atoms with Crippen molar-refractivity contribution in [2.45, 2.75) is 37.1 Å². The minimum atomic E-state index is -5.19. The van der Waals surface area contributed by atoms with E-state index in [1.54, 1.807) is 0 Å². The third kappa shape index (κ3) is 2.98. The van der Waals surface area contributed by atoms with Crippen LogP contribution < -0.4 is 5.73 Å². The van der Waals surface area contributed by atoms with Crippen LogP contribution in [0.15, 0.2) is 0 Å². The molecule has 2 atom stereocenters. The molecule has 0 aromatic carbocycles. The summed E-state index contributed by atoms with van der Waals surface area (Å²) in [6.07, 6.45) is -5.65. The molecule has 2 aliphatic rings. The van der Waals surface area contributed by atoms with Crippen molar-refractivity contribution >= 4 is 12.1 Å². The van der Waals surface area contributed by atoms with E-state index >= 15 is 0 Å². The molecule has 2 rings (SSSR count). The highest BCUT2D eigenvalue weighted by Crippen LogP contribution is 2.28. The van der Waals surface area contributed by atoms with Crippen molar-refractivity contribution in [1.82, 2.24) is 4.90 Å². The van der Waals surface area contributed by atoms with Gasteiger partial charge in [-0.3, -0.25) is 4.90 Å². The minimum absolute atomic E-state index is 0.138. The topological polar surface area (TPSA) is 81.9 Å². The van der Waals surface area contributed by atoms with Crippen molar-refractivity contribution in [1.29, 1.82) is 0 Å². The fourth-order valence-corrected chi connectivity index (χ4v) is 2.45. The van der Waals surface area contributed by atoms with E-state index in [4.69, 9.17) is 10.5 Å². The fourth-order valence-electron chi connectivity index (χ4n) is 2.45. The van der Waals surface area contributed by atoms with E-state index in [1.807, 2.05) is 0 Å². The molecule has 0 aromatic rings. The van der Waals surface area contributed by atoms with Gasteiger partial charge < -0.3 is 15.2 Å². The molecule has 0 radical (unpaired) electrons. The first-order valence-corrected chi connectivity index (χ1v) is 5.73. The summed E-state index contributed by atoms with van der Waals surface area (Å²) in [5, 5.41) is 0. The number of nitrogens with two attached hydrogens (primary N) is 1. The highest BCUT2D eigenvalue weighted by Gasteiger charge is 2.46. The van der Waals surface area contributed by atoms with Gasteiger partial charge in [-0.25, -0.2) is 9.59 Å². The van der Waals surface area contributed by atoms with Gasteiger partial charge >= 0.3 is 18.2 Å². The Morgan fingerprint density at radius 2 is 1.74 bits per heavy atom. The van der Waals surface area contributed by atoms with E-state index in [9.17, 15) is 22.8 Å². The van der Waals surface area contributed by atoms with Crippen molar-refractivity contribution in [3.05, 3.63) is 0 Å². The van der Waals surface area contributed by atoms with Crippen molar-refractivity contribution in [2.75, 3.05) is 13.2 Å². The maximum Gasteiger partial charge on any atom is 0.491 e. The van der Waals surface area contributed by atoms with Gasteiger partial charge in [0.15, 0.2) is 0 Å². The molecule has 108 valence electrons. The Balaban J connectivity index is 2.05. The summed E-state index contributed by atoms with van der Waals surface area (Å²) in [7, 11) is 0. The number of esters is 1. The van der Waals surface area contributed by atoms with Crippen LogP contribution in [0, 0.1) is 0 Å². The lowest BCUT2D eigenvalue weighted by molar-refractivity contribution is -0.195. The number of ether oxygens (including phenoxy) is 2. The maximum absolute atomic E-state index is 12.0. The zero-order valence-corrected chi connectivity index (χ0v) is 9.85. The van der Waals surface area contributed by atoms with Gasteiger partial charge in [-0.1, -0.05) is 0 Å². The number of amides is 1. The van der Waals surface area contributed by atoms with Crippen LogP contribution >= 0.6 is 0 Å². The lowest BCUT2D eigenvalue weighted by Gasteiger charge is -2.46. The van der Waals surface area contributed by atoms with Crippen LogP contribution in [-0.2, 0) is 14.3 Å². The molecule has 2 aliphatic heterocycles. The number of carbonyl (C=O) groups is 2. The molecule has 6 nitrogen and oxygen atoms in total. The van der Waals surface area contributed by atoms with Gasteiger partial charge in [-0.2, -0.15) is 13.2 Å². The molecule has 0 aliphatic carbocycles. The second-order valence-electron chi connectivity index (χ2n) is 4.64. The average Bonchev–Trinajstić information content (AvgIpc) is 2.25. The summed E-state index contributed by atoms with van der Waals surface area (Å²) in [4.78, 5) is 23.4. The summed E-state index contributed by atoms with van der Waals surface area (Å²) in [6.45, 7) is 0.360. The third-order valence-electron chi connectivity index (χ3n) is 3.18. The van der Waals surface area contributed by atoms with Crippen molar-refractivity contribution < 1.29 is 32.2 Å². The van der Waals surface area contributed by atoms with Gasteiger partial charge in [-0.05, 0) is 12.8 Å². The molecular formula is C10H13F3N2O4. The van der Waals surface area contributed by atoms with E-state index < -0.39 is 30.3 Å². The number of hydrogen-bond donors (Lipinski definition) is 1. The van der Waals surface area contributed by atoms with Crippen LogP contribution in [0.1, 0.15) is 12.8 Å². The number of hydrogen-bond acceptors (Lipinski definition) is 5. The number of fused-ring (bicyclic) bond motifs is 2. The molecule has 2 N–H and O–H groups in total. The molecule has 19 heavy (non-hydrogen) atoms. The minimum Gasteiger partial charge on any atom is -0.377 e. The van der Waals surface area contributed by atoms with E-state index in [-0.39, 0.29) is 19.3 Å². The lowest BCUT2D eigenvalue weighted by Crippen LogP contribution is -2.61. The number of alkyl halides is 3. The zero-order valence-electron chi connectivity index (χ0n) is 9.85. The fraction of sp³-hybridized carbons (Fsp3) is 0.800. The first-order chi connectivity index (χ1) is 8.79. The first-order valence-electron chi connectivity index (χ1n) is 5.73. The lowest BCUT2D eigenvalue weighted by atomic mass is 9.91. The Kier molecular flexibility index (Phi) is 3.68. The van der Waals surface area contributed by atoms with Gasteiger partial charge in [-0.15, -0.1) is 0 Å². The standard InChI is InChI=1S/C10H13F3N2O4/c11-10(12,13)8(16)19-9(17)15-6-1-5(14)2-7(15)4-18-3-6/h5-7H,1-4,14H2. The quantitative estimate of drug-likeness (QED) is 0.514. The van der Waals surface area contributed by atoms with Gasteiger partial charge in [0.25, 0.3) is 0 Å². The number of piperidine rings is 1. The molecule has 1 amide bonds. The molecule has 2 fully saturated rings. The Labute approximate surface area is 106 Å². The van der Waals surface area contributed by atoms with Crippen LogP contribution in [0.2, 0.25) is 0 Å². The van der Waals surface area contributed by atoms with Crippen LogP contribution in [-0.4, -0.2) is 54.5 Å². The van der Waals surface area contributed by atoms with Gasteiger partial charge in [0.1, 0.15) is 0 Å². The summed E-state index contributed by atoms with van der Waals surface area (Å²) in [5.41, 5.74) is 5.78. The smallest absolute Gasteiger partial charge is 0.377 e. The summed E-state index contributed by atoms with van der Waals surface area (Å²) in [6, 6.07) is -1.03. The van der Waals surface area contributed by atoms with E-state index in [1.165, 1.54) is 0 Å². The highest BCUT2D eigenvalue weighted by atomic mass is 19.4. The predicted octanol–water partition coefficient (Wildman–Crippen LogP) is 0.402. The molecule has 0 spiro atoms. The average molecular weight is 282 g/mol. The largest absolute Gasteiger partial charge is 0.491 e. The molecule has 0 saturated carbocycles. The normalized spacial score (nSPS) is 30.9. The molecular weight excluding hydrogens is 269 g/mol. The van der Waals surface area contributed by atoms with Gasteiger partial charge in [0.2, 0.25) is 0 Å². The molecule has 0 aromatic heterocycles. The second kappa shape index (κ2) is 4.97. The summed E-state index contributed by atoms with van der Waals surface area (Å²) >= 11 is 0. The number of carbonyl (C=O) groups excluding carboxylic acids is 2. The highest BCUT2D eigenvalue weighted by molar-refractivity contribution is 5.88. The Morgan fingerprint density at radius 1 is 1.21 bits per heavy atom. The van der Waals surface area contributed by atoms with Gasteiger partial charge in [0.05, 0.1) is 25.3 Å². The number of halogens is 3. The molecule has 9 heteroatoms. The number of rotatable bonds is 0. The van der Waals surface area contributed by atoms with E-state index in [0.29, 0.717) is 12.8 Å². The maximum atomic E-state index is 12.0. The first kappa shape index (κ1) is 14.1. The number of morpholine rings is 1. The van der Waals surface area contributed by atoms with Crippen molar-refractivity contribution in [2.24, 2.45) is 5.73 Å². The van der Waals surface area contributed by atoms with Gasteiger partial charge in [0, 0.05) is 6.04 Å². The van der Waals surface area contributed by atoms with Crippen LogP contribution in [0.5, 0.6) is 0 Å². The van der Waals surface area contributed by atoms with Crippen molar-refractivity contribution in [3.63, 3.8) is 0 Å². The summed E-state index contributed by atoms with van der Waals surface area (Å²) in [5.74, 6) is -2.51. The second-order valence-corrected chi connectivity index (χ2v) is 4.64. The Hall–Kier alpha value is -1.35. The SMILES string of the molecule is NC1CC2COCC(C1)N2C(=O)OC(=O)C(F)(F)F. The molecule has 2 bridgehead atoms. The predicted molar refractivity (Wildman–Crippen MR) is 55.0 cm³/mol. The van der Waals surface area contributed by atoms with E-state index in [0.717, 1.165) is 4.90 Å². The monoisotopic (exact) mass is 282 g/mol. The zero-order chi connectivity index (χ0) is 14.2. The molecule has 2 saturated heterocycles. The van der Waals surface area contributed by atoms with Crippen LogP contribution in [0.4, 0.5) is 18.0 Å². The van der Waals surface area contributed by atoms with Crippen LogP contribution in [0.25, 0.3) is 0 Å². The van der Waals surface area contributed by atoms with Crippen LogP contribution in [0.3, 0.4) is 0 Å². The van der Waals surface area contributed by atoms with E-state index in [2.05, 4.69) is 4.74 Å². The Bertz CT molecular complexity index is 373. The number of nitrogens with zero attached hydrogens (tertiary/aromatic N) is 1. The summed E-state index contributed by atoms with van der Waals surface area (Å²) < 4.78 is 45.2. The Morgan fingerprint density at radius 3 is 2.21 bits per heavy atom.